The van der Waals surface area contributed by atoms with Gasteiger partial charge in [-0.2, -0.15) is 10.4 Å². The minimum Gasteiger partial charge on any atom is -0.380 e. The number of hydrogen-bond acceptors (Lipinski definition) is 5. The maximum Gasteiger partial charge on any atom is 0.292 e. The van der Waals surface area contributed by atoms with Gasteiger partial charge in [0, 0.05) is 24.7 Å². The summed E-state index contributed by atoms with van der Waals surface area (Å²) in [5, 5.41) is 32.8. The van der Waals surface area contributed by atoms with Gasteiger partial charge in [-0.3, -0.25) is 10.1 Å². The number of nitrogens with one attached hydrogen (secondary N) is 1. The smallest absolute Gasteiger partial charge is 0.292 e. The van der Waals surface area contributed by atoms with Crippen LogP contribution in [0.4, 0.5) is 17.1 Å². The molecule has 0 aliphatic heterocycles. The molecule has 0 radical (unpaired) electrons. The van der Waals surface area contributed by atoms with Crippen molar-refractivity contribution in [3.63, 3.8) is 0 Å². The van der Waals surface area contributed by atoms with Gasteiger partial charge in [0.1, 0.15) is 12.2 Å². The molecule has 0 unspecified atom stereocenters. The van der Waals surface area contributed by atoms with Crippen LogP contribution in [-0.2, 0) is 0 Å². The Kier molecular flexibility index (Phi) is 4.00. The summed E-state index contributed by atoms with van der Waals surface area (Å²) in [5.41, 5.74) is 0.356. The topological polar surface area (TPSA) is 95.6 Å². The Balaban J connectivity index is 3.23. The van der Waals surface area contributed by atoms with Crippen molar-refractivity contribution in [1.29, 1.82) is 0 Å². The van der Waals surface area contributed by atoms with Crippen LogP contribution in [0.1, 0.15) is 13.8 Å². The monoisotopic (exact) mass is 242 g/mol. The molecular formula is C10H16N3O4+. The molecule has 0 fully saturated rings. The molecule has 0 aliphatic carbocycles. The number of quaternary nitrogens is 1. The van der Waals surface area contributed by atoms with Gasteiger partial charge < -0.3 is 5.32 Å². The second-order valence-electron chi connectivity index (χ2n) is 3.54. The Morgan fingerprint density at radius 3 is 2.53 bits per heavy atom. The Morgan fingerprint density at radius 1 is 1.41 bits per heavy atom. The average Bonchev–Trinajstić information content (AvgIpc) is 2.29. The van der Waals surface area contributed by atoms with Crippen molar-refractivity contribution < 1.29 is 15.3 Å². The van der Waals surface area contributed by atoms with E-state index in [1.165, 1.54) is 18.2 Å². The fourth-order valence-corrected chi connectivity index (χ4v) is 1.42. The van der Waals surface area contributed by atoms with Crippen molar-refractivity contribution in [1.82, 2.24) is 4.81 Å². The van der Waals surface area contributed by atoms with Crippen molar-refractivity contribution >= 4 is 17.1 Å². The van der Waals surface area contributed by atoms with Gasteiger partial charge in [0.15, 0.2) is 0 Å². The van der Waals surface area contributed by atoms with Gasteiger partial charge in [-0.1, -0.05) is 0 Å². The van der Waals surface area contributed by atoms with E-state index in [2.05, 4.69) is 5.32 Å². The summed E-state index contributed by atoms with van der Waals surface area (Å²) in [7, 11) is 0. The molecule has 0 bridgehead atoms. The van der Waals surface area contributed by atoms with Gasteiger partial charge in [-0.05, 0) is 18.7 Å². The fraction of sp³-hybridized carbons (Fsp3) is 0.400. The van der Waals surface area contributed by atoms with E-state index < -0.39 is 9.73 Å². The lowest BCUT2D eigenvalue weighted by Crippen LogP contribution is -2.41. The molecule has 94 valence electrons. The zero-order chi connectivity index (χ0) is 13.1. The number of hydrogen-bond donors (Lipinski definition) is 3. The van der Waals surface area contributed by atoms with E-state index in [9.17, 15) is 20.5 Å². The van der Waals surface area contributed by atoms with Crippen LogP contribution in [0.2, 0.25) is 0 Å². The van der Waals surface area contributed by atoms with E-state index in [4.69, 9.17) is 0 Å². The molecule has 17 heavy (non-hydrogen) atoms. The average molecular weight is 242 g/mol. The minimum absolute atomic E-state index is 0.0450. The van der Waals surface area contributed by atoms with Gasteiger partial charge >= 0.3 is 0 Å². The lowest BCUT2D eigenvalue weighted by Gasteiger charge is -2.19. The first-order valence-corrected chi connectivity index (χ1v) is 5.28. The van der Waals surface area contributed by atoms with Crippen LogP contribution in [-0.4, -0.2) is 28.4 Å². The second-order valence-corrected chi connectivity index (χ2v) is 3.54. The summed E-state index contributed by atoms with van der Waals surface area (Å²) in [6, 6.07) is 3.94. The molecule has 3 N–H and O–H groups in total. The van der Waals surface area contributed by atoms with Crippen LogP contribution >= 0.6 is 0 Å². The number of nitro benzene ring substituents is 1. The molecule has 0 aliphatic rings. The Bertz CT molecular complexity index is 420. The van der Waals surface area contributed by atoms with Crippen LogP contribution in [0.25, 0.3) is 0 Å². The molecule has 0 atom stereocenters. The first-order valence-electron chi connectivity index (χ1n) is 5.28. The number of benzene rings is 1. The van der Waals surface area contributed by atoms with Gasteiger partial charge in [-0.25, -0.2) is 0 Å². The summed E-state index contributed by atoms with van der Waals surface area (Å²) < 4.78 is 0. The zero-order valence-corrected chi connectivity index (χ0v) is 9.75. The number of nitro groups is 1. The molecule has 7 heteroatoms. The molecule has 0 heterocycles. The quantitative estimate of drug-likeness (QED) is 0.417. The first kappa shape index (κ1) is 13.4. The summed E-state index contributed by atoms with van der Waals surface area (Å²) in [6.45, 7) is 3.95. The summed E-state index contributed by atoms with van der Waals surface area (Å²) in [6.07, 6.45) is 0. The van der Waals surface area contributed by atoms with Crippen molar-refractivity contribution in [2.75, 3.05) is 18.4 Å². The SMILES string of the molecule is CCNc1cc([N+](O)(O)CC)ccc1[N+](=O)[O-]. The highest BCUT2D eigenvalue weighted by Gasteiger charge is 2.27. The lowest BCUT2D eigenvalue weighted by atomic mass is 10.2. The number of anilines is 1. The molecule has 0 spiro atoms. The third kappa shape index (κ3) is 2.90. The van der Waals surface area contributed by atoms with E-state index in [1.807, 2.05) is 0 Å². The van der Waals surface area contributed by atoms with E-state index in [-0.39, 0.29) is 23.6 Å². The van der Waals surface area contributed by atoms with Gasteiger partial charge in [0.25, 0.3) is 5.69 Å². The van der Waals surface area contributed by atoms with Crippen molar-refractivity contribution in [2.24, 2.45) is 0 Å². The highest BCUT2D eigenvalue weighted by Crippen LogP contribution is 2.30. The number of nitrogens with zero attached hydrogens (tertiary/aromatic N) is 2. The van der Waals surface area contributed by atoms with E-state index in [1.54, 1.807) is 13.8 Å². The van der Waals surface area contributed by atoms with Crippen LogP contribution in [0, 0.1) is 10.1 Å². The molecule has 1 rings (SSSR count). The van der Waals surface area contributed by atoms with Crippen molar-refractivity contribution in [3.8, 4) is 0 Å². The highest BCUT2D eigenvalue weighted by molar-refractivity contribution is 5.67. The molecule has 0 saturated carbocycles. The number of hydroxylamine groups is 2. The molecular weight excluding hydrogens is 226 g/mol. The largest absolute Gasteiger partial charge is 0.380 e. The summed E-state index contributed by atoms with van der Waals surface area (Å²) >= 11 is 0. The second kappa shape index (κ2) is 5.09. The lowest BCUT2D eigenvalue weighted by molar-refractivity contribution is -0.384. The zero-order valence-electron chi connectivity index (χ0n) is 9.75. The van der Waals surface area contributed by atoms with Crippen molar-refractivity contribution in [3.05, 3.63) is 28.3 Å². The normalized spacial score (nSPS) is 11.3. The third-order valence-corrected chi connectivity index (χ3v) is 2.40. The third-order valence-electron chi connectivity index (χ3n) is 2.40. The Hall–Kier alpha value is -1.70. The standard InChI is InChI=1S/C10H16N3O4/c1-3-11-9-7-8(13(16,17)4-2)5-6-10(9)12(14)15/h5-7,11,16-17H,3-4H2,1-2H3/q+1. The van der Waals surface area contributed by atoms with Gasteiger partial charge in [-0.15, -0.1) is 0 Å². The summed E-state index contributed by atoms with van der Waals surface area (Å²) in [5.74, 6) is 0. The van der Waals surface area contributed by atoms with Crippen molar-refractivity contribution in [2.45, 2.75) is 13.8 Å². The number of rotatable bonds is 5. The summed E-state index contributed by atoms with van der Waals surface area (Å²) in [4.78, 5) is 8.95. The molecule has 1 aromatic rings. The molecule has 0 aromatic heterocycles. The Morgan fingerprint density at radius 2 is 2.06 bits per heavy atom. The van der Waals surface area contributed by atoms with E-state index in [0.29, 0.717) is 6.54 Å². The van der Waals surface area contributed by atoms with Gasteiger partial charge in [0.2, 0.25) is 5.69 Å². The molecule has 7 nitrogen and oxygen atoms in total. The minimum atomic E-state index is -1.30. The van der Waals surface area contributed by atoms with Crippen LogP contribution < -0.4 is 10.1 Å². The maximum absolute atomic E-state index is 10.8. The molecule has 0 saturated heterocycles. The fourth-order valence-electron chi connectivity index (χ4n) is 1.42. The van der Waals surface area contributed by atoms with E-state index >= 15 is 0 Å². The molecule has 0 amide bonds. The van der Waals surface area contributed by atoms with E-state index in [0.717, 1.165) is 0 Å². The van der Waals surface area contributed by atoms with Crippen LogP contribution in [0.3, 0.4) is 0 Å². The predicted octanol–water partition coefficient (Wildman–Crippen LogP) is 2.13. The first-order chi connectivity index (χ1) is 7.92. The highest BCUT2D eigenvalue weighted by atomic mass is 16.8. The Labute approximate surface area is 98.6 Å². The van der Waals surface area contributed by atoms with Crippen LogP contribution in [0.5, 0.6) is 0 Å². The van der Waals surface area contributed by atoms with Gasteiger partial charge in [0.05, 0.1) is 4.92 Å². The maximum atomic E-state index is 10.8. The molecule has 1 aromatic carbocycles. The van der Waals surface area contributed by atoms with Crippen LogP contribution in [0.15, 0.2) is 18.2 Å². The predicted molar refractivity (Wildman–Crippen MR) is 63.2 cm³/mol.